The van der Waals surface area contributed by atoms with E-state index in [0.717, 1.165) is 37.2 Å². The summed E-state index contributed by atoms with van der Waals surface area (Å²) in [5.41, 5.74) is 1.58. The van der Waals surface area contributed by atoms with E-state index in [4.69, 9.17) is 4.42 Å². The van der Waals surface area contributed by atoms with E-state index < -0.39 is 6.10 Å². The van der Waals surface area contributed by atoms with E-state index in [1.807, 2.05) is 30.3 Å². The maximum Gasteiger partial charge on any atom is 0.249 e. The molecule has 1 fully saturated rings. The van der Waals surface area contributed by atoms with Crippen LogP contribution in [-0.2, 0) is 6.54 Å². The molecule has 0 radical (unpaired) electrons. The van der Waals surface area contributed by atoms with E-state index in [1.54, 1.807) is 18.6 Å². The summed E-state index contributed by atoms with van der Waals surface area (Å²) in [7, 11) is 0. The Hall–Kier alpha value is -2.64. The maximum atomic E-state index is 10.5. The Morgan fingerprint density at radius 3 is 2.73 bits per heavy atom. The fraction of sp³-hybridized carbons (Fsp3) is 0.368. The highest BCUT2D eigenvalue weighted by atomic mass is 16.4. The number of nitrogens with zero attached hydrogens (tertiary/aromatic N) is 5. The topological polar surface area (TPSA) is 88.2 Å². The van der Waals surface area contributed by atoms with Crippen molar-refractivity contribution in [3.05, 3.63) is 60.5 Å². The number of hydrogen-bond donors (Lipinski definition) is 1. The highest BCUT2D eigenvalue weighted by Gasteiger charge is 2.27. The highest BCUT2D eigenvalue weighted by molar-refractivity contribution is 5.49. The van der Waals surface area contributed by atoms with Crippen molar-refractivity contribution in [1.82, 2.24) is 25.1 Å². The molecule has 0 aliphatic carbocycles. The zero-order valence-corrected chi connectivity index (χ0v) is 14.4. The lowest BCUT2D eigenvalue weighted by molar-refractivity contribution is 0.0517. The molecule has 0 spiro atoms. The van der Waals surface area contributed by atoms with Gasteiger partial charge in [-0.15, -0.1) is 10.2 Å². The van der Waals surface area contributed by atoms with Gasteiger partial charge in [0.2, 0.25) is 11.8 Å². The molecule has 0 aromatic carbocycles. The van der Waals surface area contributed by atoms with E-state index in [9.17, 15) is 5.11 Å². The van der Waals surface area contributed by atoms with E-state index in [-0.39, 0.29) is 5.92 Å². The molecule has 3 aromatic rings. The Bertz CT molecular complexity index is 816. The predicted octanol–water partition coefficient (Wildman–Crippen LogP) is 2.47. The van der Waals surface area contributed by atoms with Crippen molar-refractivity contribution in [3.8, 4) is 11.5 Å². The Morgan fingerprint density at radius 2 is 2.00 bits per heavy atom. The summed E-state index contributed by atoms with van der Waals surface area (Å²) in [5, 5.41) is 18.8. The Kier molecular flexibility index (Phi) is 4.99. The fourth-order valence-corrected chi connectivity index (χ4v) is 3.33. The molecule has 0 unspecified atom stereocenters. The van der Waals surface area contributed by atoms with Gasteiger partial charge in [-0.25, -0.2) is 0 Å². The first-order valence-corrected chi connectivity index (χ1v) is 8.84. The van der Waals surface area contributed by atoms with E-state index >= 15 is 0 Å². The third-order valence-corrected chi connectivity index (χ3v) is 4.80. The molecule has 7 nitrogen and oxygen atoms in total. The van der Waals surface area contributed by atoms with Crippen molar-refractivity contribution >= 4 is 0 Å². The molecule has 1 saturated heterocycles. The molecular formula is C19H21N5O2. The van der Waals surface area contributed by atoms with Gasteiger partial charge in [-0.3, -0.25) is 14.9 Å². The molecule has 3 aromatic heterocycles. The SMILES string of the molecule is O[C@@H](c1ccccn1)C1CCN(Cc2nnc(-c3cccnc3)o2)CC1. The minimum Gasteiger partial charge on any atom is -0.419 e. The summed E-state index contributed by atoms with van der Waals surface area (Å²) < 4.78 is 5.75. The number of likely N-dealkylation sites (tertiary alicyclic amines) is 1. The number of rotatable bonds is 5. The average Bonchev–Trinajstić information content (AvgIpc) is 3.18. The van der Waals surface area contributed by atoms with Crippen LogP contribution in [0.15, 0.2) is 53.3 Å². The molecule has 4 heterocycles. The Balaban J connectivity index is 1.32. The summed E-state index contributed by atoms with van der Waals surface area (Å²) in [6, 6.07) is 9.40. The van der Waals surface area contributed by atoms with Gasteiger partial charge in [-0.05, 0) is 56.1 Å². The highest BCUT2D eigenvalue weighted by Crippen LogP contribution is 2.30. The Morgan fingerprint density at radius 1 is 1.12 bits per heavy atom. The third-order valence-electron chi connectivity index (χ3n) is 4.80. The van der Waals surface area contributed by atoms with E-state index in [2.05, 4.69) is 25.1 Å². The third kappa shape index (κ3) is 3.79. The van der Waals surface area contributed by atoms with Crippen molar-refractivity contribution in [2.24, 2.45) is 5.92 Å². The molecule has 0 bridgehead atoms. The van der Waals surface area contributed by atoms with Gasteiger partial charge in [0.25, 0.3) is 0 Å². The maximum absolute atomic E-state index is 10.5. The zero-order chi connectivity index (χ0) is 17.8. The number of piperidine rings is 1. The van der Waals surface area contributed by atoms with Gasteiger partial charge in [-0.1, -0.05) is 6.07 Å². The first kappa shape index (κ1) is 16.8. The van der Waals surface area contributed by atoms with E-state index in [1.165, 1.54) is 0 Å². The van der Waals surface area contributed by atoms with E-state index in [0.29, 0.717) is 18.3 Å². The fourth-order valence-electron chi connectivity index (χ4n) is 3.33. The number of aromatic nitrogens is 4. The molecule has 7 heteroatoms. The summed E-state index contributed by atoms with van der Waals surface area (Å²) in [4.78, 5) is 10.6. The summed E-state index contributed by atoms with van der Waals surface area (Å²) in [6.45, 7) is 2.40. The summed E-state index contributed by atoms with van der Waals surface area (Å²) in [5.74, 6) is 1.33. The van der Waals surface area contributed by atoms with Crippen LogP contribution in [0.2, 0.25) is 0 Å². The lowest BCUT2D eigenvalue weighted by Gasteiger charge is -2.33. The molecule has 1 aliphatic rings. The second-order valence-electron chi connectivity index (χ2n) is 6.56. The lowest BCUT2D eigenvalue weighted by atomic mass is 9.89. The van der Waals surface area contributed by atoms with Gasteiger partial charge in [-0.2, -0.15) is 0 Å². The molecule has 4 rings (SSSR count). The van der Waals surface area contributed by atoms with Crippen LogP contribution in [0.4, 0.5) is 0 Å². The molecule has 1 N–H and O–H groups in total. The second kappa shape index (κ2) is 7.72. The predicted molar refractivity (Wildman–Crippen MR) is 94.7 cm³/mol. The minimum absolute atomic E-state index is 0.231. The normalized spacial score (nSPS) is 17.3. The van der Waals surface area contributed by atoms with Crippen molar-refractivity contribution in [1.29, 1.82) is 0 Å². The molecule has 0 amide bonds. The quantitative estimate of drug-likeness (QED) is 0.755. The van der Waals surface area contributed by atoms with Crippen LogP contribution >= 0.6 is 0 Å². The number of aliphatic hydroxyl groups is 1. The van der Waals surface area contributed by atoms with Crippen LogP contribution in [0.5, 0.6) is 0 Å². The van der Waals surface area contributed by atoms with Crippen molar-refractivity contribution in [2.75, 3.05) is 13.1 Å². The molecular weight excluding hydrogens is 330 g/mol. The van der Waals surface area contributed by atoms with Gasteiger partial charge in [0.1, 0.15) is 0 Å². The van der Waals surface area contributed by atoms with Crippen LogP contribution < -0.4 is 0 Å². The van der Waals surface area contributed by atoms with Crippen molar-refractivity contribution < 1.29 is 9.52 Å². The van der Waals surface area contributed by atoms with Crippen LogP contribution in [-0.4, -0.2) is 43.3 Å². The van der Waals surface area contributed by atoms with Crippen LogP contribution in [0.25, 0.3) is 11.5 Å². The molecule has 26 heavy (non-hydrogen) atoms. The first-order valence-electron chi connectivity index (χ1n) is 8.84. The number of aliphatic hydroxyl groups excluding tert-OH is 1. The minimum atomic E-state index is -0.501. The average molecular weight is 351 g/mol. The number of pyridine rings is 2. The Labute approximate surface area is 151 Å². The first-order chi connectivity index (χ1) is 12.8. The summed E-state index contributed by atoms with van der Waals surface area (Å²) in [6.07, 6.45) is 6.48. The van der Waals surface area contributed by atoms with Crippen molar-refractivity contribution in [3.63, 3.8) is 0 Å². The number of hydrogen-bond acceptors (Lipinski definition) is 7. The van der Waals surface area contributed by atoms with Gasteiger partial charge in [0.15, 0.2) is 0 Å². The largest absolute Gasteiger partial charge is 0.419 e. The van der Waals surface area contributed by atoms with Gasteiger partial charge in [0.05, 0.1) is 23.9 Å². The van der Waals surface area contributed by atoms with Crippen LogP contribution in [0.3, 0.4) is 0 Å². The van der Waals surface area contributed by atoms with Crippen molar-refractivity contribution in [2.45, 2.75) is 25.5 Å². The zero-order valence-electron chi connectivity index (χ0n) is 14.4. The van der Waals surface area contributed by atoms with Crippen LogP contribution in [0.1, 0.15) is 30.5 Å². The standard InChI is InChI=1S/C19H21N5O2/c25-18(16-5-1-2-9-21-16)14-6-10-24(11-7-14)13-17-22-23-19(26-17)15-4-3-8-20-12-15/h1-5,8-9,12,14,18,25H,6-7,10-11,13H2/t18-/m1/s1. The lowest BCUT2D eigenvalue weighted by Crippen LogP contribution is -2.35. The smallest absolute Gasteiger partial charge is 0.249 e. The van der Waals surface area contributed by atoms with Gasteiger partial charge in [0, 0.05) is 18.6 Å². The molecule has 1 aliphatic heterocycles. The molecule has 134 valence electrons. The monoisotopic (exact) mass is 351 g/mol. The van der Waals surface area contributed by atoms with Gasteiger partial charge >= 0.3 is 0 Å². The second-order valence-corrected chi connectivity index (χ2v) is 6.56. The van der Waals surface area contributed by atoms with Crippen LogP contribution in [0, 0.1) is 5.92 Å². The molecule has 0 saturated carbocycles. The summed E-state index contributed by atoms with van der Waals surface area (Å²) >= 11 is 0. The molecule has 1 atom stereocenters. The van der Waals surface area contributed by atoms with Gasteiger partial charge < -0.3 is 9.52 Å².